The molecule has 0 spiro atoms. The van der Waals surface area contributed by atoms with Gasteiger partial charge in [0.1, 0.15) is 0 Å². The smallest absolute Gasteiger partial charge is 0.0817 e. The molecule has 2 nitrogen and oxygen atoms in total. The molecule has 0 aromatic rings. The molecule has 0 aromatic carbocycles. The molecule has 0 saturated heterocycles. The van der Waals surface area contributed by atoms with Gasteiger partial charge in [0.05, 0.1) is 6.61 Å². The Bertz CT molecular complexity index is 16.3. The maximum absolute atomic E-state index is 7.57. The van der Waals surface area contributed by atoms with Gasteiger partial charge in [-0.05, 0) is 6.42 Å². The van der Waals surface area contributed by atoms with Crippen LogP contribution in [0.1, 0.15) is 13.3 Å². The quantitative estimate of drug-likeness (QED) is 0.336. The Labute approximate surface area is 52.3 Å². The first kappa shape index (κ1) is 9.81. The van der Waals surface area contributed by atoms with Crippen molar-refractivity contribution in [2.45, 2.75) is 13.3 Å². The van der Waals surface area contributed by atoms with Crippen LogP contribution < -0.4 is 0 Å². The summed E-state index contributed by atoms with van der Waals surface area (Å²) in [7, 11) is 0. The van der Waals surface area contributed by atoms with E-state index in [1.165, 1.54) is 0 Å². The van der Waals surface area contributed by atoms with E-state index in [-0.39, 0.29) is 21.7 Å². The summed E-state index contributed by atoms with van der Waals surface area (Å²) in [5.41, 5.74) is 0. The van der Waals surface area contributed by atoms with Crippen LogP contribution in [0.25, 0.3) is 0 Å². The van der Waals surface area contributed by atoms with Crippen molar-refractivity contribution < 1.29 is 31.9 Å². The van der Waals surface area contributed by atoms with Crippen LogP contribution in [0, 0.1) is 0 Å². The van der Waals surface area contributed by atoms with Crippen molar-refractivity contribution >= 4 is 0 Å². The second-order valence-electron chi connectivity index (χ2n) is 0.833. The molecular weight excluding hydrogens is 116 g/mol. The van der Waals surface area contributed by atoms with Crippen molar-refractivity contribution in [1.29, 1.82) is 0 Å². The van der Waals surface area contributed by atoms with E-state index < -0.39 is 0 Å². The van der Waals surface area contributed by atoms with Crippen molar-refractivity contribution in [3.05, 3.63) is 0 Å². The fourth-order valence-corrected chi connectivity index (χ4v) is 0.0913. The molecule has 3 heteroatoms. The van der Waals surface area contributed by atoms with Gasteiger partial charge in [0.2, 0.25) is 0 Å². The summed E-state index contributed by atoms with van der Waals surface area (Å²) in [6, 6.07) is 0. The monoisotopic (exact) mass is 124 g/mol. The Balaban J connectivity index is 0. The summed E-state index contributed by atoms with van der Waals surface area (Å²) in [5.74, 6) is 0. The predicted octanol–water partition coefficient (Wildman–Crippen LogP) is 0.883. The normalized spacial score (nSPS) is 7.00. The van der Waals surface area contributed by atoms with Gasteiger partial charge < -0.3 is 0 Å². The molecule has 0 atom stereocenters. The first-order valence-corrected chi connectivity index (χ1v) is 1.68. The second-order valence-corrected chi connectivity index (χ2v) is 0.833. The Morgan fingerprint density at radius 1 is 1.67 bits per heavy atom. The van der Waals surface area contributed by atoms with Gasteiger partial charge in [0.15, 0.2) is 0 Å². The van der Waals surface area contributed by atoms with Gasteiger partial charge in [-0.3, -0.25) is 5.26 Å². The van der Waals surface area contributed by atoms with Crippen LogP contribution >= 0.6 is 0 Å². The minimum absolute atomic E-state index is 0. The third-order valence-corrected chi connectivity index (χ3v) is 0.295. The average molecular weight is 124 g/mol. The molecule has 0 saturated carbocycles. The van der Waals surface area contributed by atoms with E-state index in [0.29, 0.717) is 6.61 Å². The molecule has 0 heterocycles. The van der Waals surface area contributed by atoms with E-state index in [9.17, 15) is 0 Å². The summed E-state index contributed by atoms with van der Waals surface area (Å²) in [6.45, 7) is 2.37. The van der Waals surface area contributed by atoms with E-state index in [4.69, 9.17) is 5.26 Å². The van der Waals surface area contributed by atoms with Crippen LogP contribution in [0.2, 0.25) is 0 Å². The Kier molecular flexibility index (Phi) is 15.0. The standard InChI is InChI=1S/C3H8O2.Ti/c1-2-3-5-4;/h4H,2-3H2,1H3;. The maximum atomic E-state index is 7.57. The molecule has 1 N–H and O–H groups in total. The van der Waals surface area contributed by atoms with E-state index in [1.54, 1.807) is 0 Å². The summed E-state index contributed by atoms with van der Waals surface area (Å²) in [4.78, 5) is 3.69. The van der Waals surface area contributed by atoms with E-state index >= 15 is 0 Å². The van der Waals surface area contributed by atoms with Crippen LogP contribution in [0.15, 0.2) is 0 Å². The topological polar surface area (TPSA) is 29.5 Å². The SMILES string of the molecule is CCCOO.[Ti]. The summed E-state index contributed by atoms with van der Waals surface area (Å²) >= 11 is 0. The van der Waals surface area contributed by atoms with E-state index in [1.807, 2.05) is 6.92 Å². The Morgan fingerprint density at radius 2 is 2.17 bits per heavy atom. The molecule has 0 radical (unpaired) electrons. The zero-order chi connectivity index (χ0) is 4.12. The molecule has 0 aromatic heterocycles. The molecule has 0 aliphatic carbocycles. The summed E-state index contributed by atoms with van der Waals surface area (Å²) in [6.07, 6.45) is 0.872. The largest absolute Gasteiger partial charge is 0.252 e. The molecular formula is C3H8O2Ti. The molecule has 0 unspecified atom stereocenters. The van der Waals surface area contributed by atoms with Crippen LogP contribution in [-0.4, -0.2) is 11.9 Å². The summed E-state index contributed by atoms with van der Waals surface area (Å²) < 4.78 is 0. The van der Waals surface area contributed by atoms with Crippen molar-refractivity contribution in [2.24, 2.45) is 0 Å². The van der Waals surface area contributed by atoms with E-state index in [2.05, 4.69) is 4.89 Å². The van der Waals surface area contributed by atoms with Gasteiger partial charge in [-0.2, -0.15) is 0 Å². The Morgan fingerprint density at radius 3 is 2.17 bits per heavy atom. The van der Waals surface area contributed by atoms with Gasteiger partial charge in [-0.1, -0.05) is 6.92 Å². The molecule has 0 aliphatic rings. The number of hydrogen-bond acceptors (Lipinski definition) is 2. The molecule has 0 bridgehead atoms. The van der Waals surface area contributed by atoms with Gasteiger partial charge in [-0.15, -0.1) is 0 Å². The minimum atomic E-state index is 0. The zero-order valence-electron chi connectivity index (χ0n) is 3.77. The first-order chi connectivity index (χ1) is 2.41. The maximum Gasteiger partial charge on any atom is 0.0817 e. The average Bonchev–Trinajstić information content (AvgIpc) is 1.41. The van der Waals surface area contributed by atoms with Gasteiger partial charge >= 0.3 is 0 Å². The third-order valence-electron chi connectivity index (χ3n) is 0.295. The van der Waals surface area contributed by atoms with Crippen LogP contribution in [0.3, 0.4) is 0 Å². The predicted molar refractivity (Wildman–Crippen MR) is 18.9 cm³/mol. The van der Waals surface area contributed by atoms with Crippen molar-refractivity contribution in [1.82, 2.24) is 0 Å². The third kappa shape index (κ3) is 8.82. The molecule has 0 amide bonds. The Hall–Kier alpha value is 0.634. The zero-order valence-corrected chi connectivity index (χ0v) is 5.33. The molecule has 0 rings (SSSR count). The summed E-state index contributed by atoms with van der Waals surface area (Å²) in [5, 5.41) is 7.57. The van der Waals surface area contributed by atoms with Crippen LogP contribution in [-0.2, 0) is 26.6 Å². The van der Waals surface area contributed by atoms with Crippen molar-refractivity contribution in [3.63, 3.8) is 0 Å². The molecule has 36 valence electrons. The van der Waals surface area contributed by atoms with E-state index in [0.717, 1.165) is 6.42 Å². The fourth-order valence-electron chi connectivity index (χ4n) is 0.0913. The van der Waals surface area contributed by atoms with Gasteiger partial charge in [0.25, 0.3) is 0 Å². The van der Waals surface area contributed by atoms with Crippen LogP contribution in [0.4, 0.5) is 0 Å². The number of rotatable bonds is 2. The molecule has 0 aliphatic heterocycles. The van der Waals surface area contributed by atoms with Crippen LogP contribution in [0.5, 0.6) is 0 Å². The fraction of sp³-hybridized carbons (Fsp3) is 1.00. The van der Waals surface area contributed by atoms with Crippen molar-refractivity contribution in [2.75, 3.05) is 6.61 Å². The minimum Gasteiger partial charge on any atom is -0.252 e. The molecule has 0 fully saturated rings. The van der Waals surface area contributed by atoms with Gasteiger partial charge in [-0.25, -0.2) is 4.89 Å². The second kappa shape index (κ2) is 9.16. The molecule has 6 heavy (non-hydrogen) atoms. The van der Waals surface area contributed by atoms with Gasteiger partial charge in [0, 0.05) is 21.7 Å². The number of hydrogen-bond donors (Lipinski definition) is 1. The van der Waals surface area contributed by atoms with Crippen molar-refractivity contribution in [3.8, 4) is 0 Å². The first-order valence-electron chi connectivity index (χ1n) is 1.68.